The number of nitrogens with two attached hydrogens (primary N) is 1. The summed E-state index contributed by atoms with van der Waals surface area (Å²) in [5, 5.41) is 0. The molecule has 4 nitrogen and oxygen atoms in total. The molecule has 1 aromatic rings. The molecule has 0 aromatic carbocycles. The van der Waals surface area contributed by atoms with Gasteiger partial charge in [0.25, 0.3) is 0 Å². The summed E-state index contributed by atoms with van der Waals surface area (Å²) in [5.41, 5.74) is 6.79. The van der Waals surface area contributed by atoms with Gasteiger partial charge in [-0.25, -0.2) is 4.98 Å². The van der Waals surface area contributed by atoms with Crippen LogP contribution in [0, 0.1) is 6.92 Å². The first-order valence-electron chi connectivity index (χ1n) is 7.37. The molecule has 1 aliphatic heterocycles. The van der Waals surface area contributed by atoms with Crippen LogP contribution in [0.15, 0.2) is 18.2 Å². The first-order valence-corrected chi connectivity index (χ1v) is 7.37. The number of hydrogen-bond donors (Lipinski definition) is 1. The second-order valence-corrected chi connectivity index (χ2v) is 5.30. The average molecular weight is 262 g/mol. The first-order chi connectivity index (χ1) is 9.24. The number of anilines is 1. The Balaban J connectivity index is 1.91. The Morgan fingerprint density at radius 1 is 1.26 bits per heavy atom. The normalized spacial score (nSPS) is 18.6. The first kappa shape index (κ1) is 14.3. The van der Waals surface area contributed by atoms with Gasteiger partial charge in [0.15, 0.2) is 0 Å². The van der Waals surface area contributed by atoms with Gasteiger partial charge in [-0.1, -0.05) is 13.0 Å². The van der Waals surface area contributed by atoms with E-state index in [0.29, 0.717) is 6.04 Å². The molecule has 0 aliphatic carbocycles. The van der Waals surface area contributed by atoms with Crippen LogP contribution in [0.25, 0.3) is 0 Å². The topological polar surface area (TPSA) is 45.4 Å². The minimum Gasteiger partial charge on any atom is -0.354 e. The molecule has 4 heteroatoms. The van der Waals surface area contributed by atoms with E-state index < -0.39 is 0 Å². The minimum atomic E-state index is 0.651. The van der Waals surface area contributed by atoms with Gasteiger partial charge in [0, 0.05) is 37.9 Å². The molecule has 1 unspecified atom stereocenters. The fourth-order valence-corrected chi connectivity index (χ4v) is 2.86. The number of pyridine rings is 1. The zero-order chi connectivity index (χ0) is 13.7. The highest BCUT2D eigenvalue weighted by Gasteiger charge is 2.22. The van der Waals surface area contributed by atoms with E-state index >= 15 is 0 Å². The van der Waals surface area contributed by atoms with Gasteiger partial charge in [-0.2, -0.15) is 0 Å². The van der Waals surface area contributed by atoms with Crippen molar-refractivity contribution in [3.8, 4) is 0 Å². The smallest absolute Gasteiger partial charge is 0.128 e. The quantitative estimate of drug-likeness (QED) is 0.876. The summed E-state index contributed by atoms with van der Waals surface area (Å²) in [5.74, 6) is 1.12. The van der Waals surface area contributed by atoms with Crippen molar-refractivity contribution < 1.29 is 0 Å². The largest absolute Gasteiger partial charge is 0.354 e. The van der Waals surface area contributed by atoms with Gasteiger partial charge < -0.3 is 10.6 Å². The van der Waals surface area contributed by atoms with E-state index in [0.717, 1.165) is 50.7 Å². The standard InChI is InChI=1S/C15H26N4/c1-3-14(7-8-16)18-9-11-19(12-10-18)15-6-4-5-13(2)17-15/h4-6,14H,3,7-12,16H2,1-2H3. The molecule has 1 aromatic heterocycles. The zero-order valence-electron chi connectivity index (χ0n) is 12.2. The molecular weight excluding hydrogens is 236 g/mol. The molecule has 1 aliphatic rings. The van der Waals surface area contributed by atoms with Crippen molar-refractivity contribution in [1.29, 1.82) is 0 Å². The van der Waals surface area contributed by atoms with Crippen LogP contribution in [0.5, 0.6) is 0 Å². The zero-order valence-corrected chi connectivity index (χ0v) is 12.2. The number of nitrogens with zero attached hydrogens (tertiary/aromatic N) is 3. The Kier molecular flexibility index (Phi) is 5.16. The SMILES string of the molecule is CCC(CCN)N1CCN(c2cccc(C)n2)CC1. The van der Waals surface area contributed by atoms with Crippen molar-refractivity contribution in [3.05, 3.63) is 23.9 Å². The second-order valence-electron chi connectivity index (χ2n) is 5.30. The average Bonchev–Trinajstić information content (AvgIpc) is 2.45. The predicted molar refractivity (Wildman–Crippen MR) is 80.5 cm³/mol. The summed E-state index contributed by atoms with van der Waals surface area (Å²) in [6, 6.07) is 6.90. The molecule has 0 amide bonds. The van der Waals surface area contributed by atoms with Crippen molar-refractivity contribution in [1.82, 2.24) is 9.88 Å². The van der Waals surface area contributed by atoms with Gasteiger partial charge in [0.2, 0.25) is 0 Å². The van der Waals surface area contributed by atoms with Crippen LogP contribution < -0.4 is 10.6 Å². The van der Waals surface area contributed by atoms with E-state index in [1.165, 1.54) is 6.42 Å². The van der Waals surface area contributed by atoms with Crippen molar-refractivity contribution in [3.63, 3.8) is 0 Å². The molecule has 1 saturated heterocycles. The number of piperazine rings is 1. The fourth-order valence-electron chi connectivity index (χ4n) is 2.86. The van der Waals surface area contributed by atoms with E-state index in [9.17, 15) is 0 Å². The van der Waals surface area contributed by atoms with Crippen LogP contribution in [0.3, 0.4) is 0 Å². The molecule has 1 atom stereocenters. The molecule has 2 heterocycles. The maximum atomic E-state index is 5.70. The lowest BCUT2D eigenvalue weighted by Gasteiger charge is -2.39. The molecular formula is C15H26N4. The Labute approximate surface area is 116 Å². The van der Waals surface area contributed by atoms with Crippen LogP contribution >= 0.6 is 0 Å². The maximum absolute atomic E-state index is 5.70. The lowest BCUT2D eigenvalue weighted by molar-refractivity contribution is 0.173. The van der Waals surface area contributed by atoms with Crippen molar-refractivity contribution in [2.75, 3.05) is 37.6 Å². The molecule has 0 saturated carbocycles. The molecule has 0 radical (unpaired) electrons. The summed E-state index contributed by atoms with van der Waals surface area (Å²) in [6.07, 6.45) is 2.30. The fraction of sp³-hybridized carbons (Fsp3) is 0.667. The summed E-state index contributed by atoms with van der Waals surface area (Å²) < 4.78 is 0. The molecule has 1 fully saturated rings. The van der Waals surface area contributed by atoms with Crippen LogP contribution in [0.2, 0.25) is 0 Å². The monoisotopic (exact) mass is 262 g/mol. The highest BCUT2D eigenvalue weighted by Crippen LogP contribution is 2.17. The summed E-state index contributed by atoms with van der Waals surface area (Å²) in [6.45, 7) is 9.47. The van der Waals surface area contributed by atoms with Crippen molar-refractivity contribution in [2.45, 2.75) is 32.7 Å². The Hall–Kier alpha value is -1.13. The Morgan fingerprint density at radius 2 is 2.00 bits per heavy atom. The summed E-state index contributed by atoms with van der Waals surface area (Å²) >= 11 is 0. The van der Waals surface area contributed by atoms with Crippen LogP contribution in [0.1, 0.15) is 25.5 Å². The maximum Gasteiger partial charge on any atom is 0.128 e. The van der Waals surface area contributed by atoms with Crippen molar-refractivity contribution >= 4 is 5.82 Å². The molecule has 0 bridgehead atoms. The number of aryl methyl sites for hydroxylation is 1. The van der Waals surface area contributed by atoms with E-state index in [2.05, 4.69) is 33.8 Å². The van der Waals surface area contributed by atoms with Crippen LogP contribution in [-0.4, -0.2) is 48.6 Å². The third-order valence-corrected chi connectivity index (χ3v) is 4.00. The highest BCUT2D eigenvalue weighted by atomic mass is 15.3. The summed E-state index contributed by atoms with van der Waals surface area (Å²) in [7, 11) is 0. The third kappa shape index (κ3) is 3.67. The second kappa shape index (κ2) is 6.87. The molecule has 2 N–H and O–H groups in total. The van der Waals surface area contributed by atoms with E-state index in [1.807, 2.05) is 13.0 Å². The number of hydrogen-bond acceptors (Lipinski definition) is 4. The third-order valence-electron chi connectivity index (χ3n) is 4.00. The molecule has 19 heavy (non-hydrogen) atoms. The number of aromatic nitrogens is 1. The lowest BCUT2D eigenvalue weighted by Crippen LogP contribution is -2.50. The predicted octanol–water partition coefficient (Wildman–Crippen LogP) is 1.64. The molecule has 106 valence electrons. The van der Waals surface area contributed by atoms with E-state index in [4.69, 9.17) is 5.73 Å². The van der Waals surface area contributed by atoms with Gasteiger partial charge in [-0.05, 0) is 38.4 Å². The lowest BCUT2D eigenvalue weighted by atomic mass is 10.1. The summed E-state index contributed by atoms with van der Waals surface area (Å²) in [4.78, 5) is 9.58. The van der Waals surface area contributed by atoms with Gasteiger partial charge in [0.1, 0.15) is 5.82 Å². The number of rotatable bonds is 5. The Morgan fingerprint density at radius 3 is 2.58 bits per heavy atom. The van der Waals surface area contributed by atoms with E-state index in [1.54, 1.807) is 0 Å². The van der Waals surface area contributed by atoms with Crippen LogP contribution in [0.4, 0.5) is 5.82 Å². The molecule has 2 rings (SSSR count). The van der Waals surface area contributed by atoms with Crippen molar-refractivity contribution in [2.24, 2.45) is 5.73 Å². The minimum absolute atomic E-state index is 0.651. The van der Waals surface area contributed by atoms with Gasteiger partial charge >= 0.3 is 0 Å². The van der Waals surface area contributed by atoms with Gasteiger partial charge in [0.05, 0.1) is 0 Å². The van der Waals surface area contributed by atoms with Crippen LogP contribution in [-0.2, 0) is 0 Å². The van der Waals surface area contributed by atoms with Gasteiger partial charge in [-0.3, -0.25) is 4.90 Å². The van der Waals surface area contributed by atoms with Gasteiger partial charge in [-0.15, -0.1) is 0 Å². The van der Waals surface area contributed by atoms with E-state index in [-0.39, 0.29) is 0 Å². The molecule has 0 spiro atoms. The Bertz CT molecular complexity index is 385. The highest BCUT2D eigenvalue weighted by molar-refractivity contribution is 5.39.